The smallest absolute Gasteiger partial charge is 0.235 e. The van der Waals surface area contributed by atoms with Crippen LogP contribution in [0, 0.1) is 6.92 Å². The molecule has 0 aliphatic carbocycles. The van der Waals surface area contributed by atoms with E-state index in [2.05, 4.69) is 4.72 Å². The summed E-state index contributed by atoms with van der Waals surface area (Å²) >= 11 is 0. The number of hydrogen-bond acceptors (Lipinski definition) is 2. The van der Waals surface area contributed by atoms with Crippen LogP contribution in [0.25, 0.3) is 0 Å². The van der Waals surface area contributed by atoms with Crippen molar-refractivity contribution in [2.24, 2.45) is 0 Å². The third-order valence-electron chi connectivity index (χ3n) is 2.42. The summed E-state index contributed by atoms with van der Waals surface area (Å²) in [4.78, 5) is 0. The van der Waals surface area contributed by atoms with Gasteiger partial charge in [0.1, 0.15) is 0 Å². The van der Waals surface area contributed by atoms with E-state index < -0.39 is 10.0 Å². The fraction of sp³-hybridized carbons (Fsp3) is 0.455. The number of benzene rings is 1. The fourth-order valence-electron chi connectivity index (χ4n) is 1.11. The molecule has 0 spiro atoms. The molecule has 0 saturated heterocycles. The second-order valence-corrected chi connectivity index (χ2v) is 5.83. The minimum atomic E-state index is -3.23. The fourth-order valence-corrected chi connectivity index (χ4v) is 2.21. The molecule has 3 nitrogen and oxygen atoms in total. The molecule has 84 valence electrons. The molecular formula is C11H17NO2S. The third kappa shape index (κ3) is 3.23. The molecule has 0 aromatic heterocycles. The van der Waals surface area contributed by atoms with Crippen LogP contribution in [0.15, 0.2) is 24.3 Å². The van der Waals surface area contributed by atoms with Crippen molar-refractivity contribution in [3.05, 3.63) is 29.8 Å². The molecule has 1 rings (SSSR count). The molecule has 0 saturated carbocycles. The average molecular weight is 227 g/mol. The monoisotopic (exact) mass is 227 g/mol. The molecule has 1 aromatic rings. The molecule has 0 amide bonds. The van der Waals surface area contributed by atoms with Crippen LogP contribution in [-0.4, -0.2) is 13.7 Å². The average Bonchev–Trinajstić information content (AvgIpc) is 2.20. The minimum absolute atomic E-state index is 0.362. The first kappa shape index (κ1) is 12.0. The highest BCUT2D eigenvalue weighted by atomic mass is 32.2. The molecule has 0 fully saturated rings. The van der Waals surface area contributed by atoms with Crippen LogP contribution in [0.2, 0.25) is 0 Å². The topological polar surface area (TPSA) is 46.2 Å². The van der Waals surface area contributed by atoms with Crippen molar-refractivity contribution in [3.8, 4) is 0 Å². The van der Waals surface area contributed by atoms with E-state index in [-0.39, 0.29) is 5.25 Å². The van der Waals surface area contributed by atoms with Crippen molar-refractivity contribution in [1.29, 1.82) is 0 Å². The Balaban J connectivity index is 2.82. The number of rotatable bonds is 4. The van der Waals surface area contributed by atoms with Crippen LogP contribution >= 0.6 is 0 Å². The molecule has 0 aliphatic heterocycles. The Labute approximate surface area is 91.6 Å². The molecule has 0 unspecified atom stereocenters. The van der Waals surface area contributed by atoms with Gasteiger partial charge in [0.2, 0.25) is 10.0 Å². The van der Waals surface area contributed by atoms with Gasteiger partial charge in [-0.3, -0.25) is 4.72 Å². The van der Waals surface area contributed by atoms with Crippen LogP contribution in [0.1, 0.15) is 25.8 Å². The van der Waals surface area contributed by atoms with E-state index in [9.17, 15) is 8.42 Å². The lowest BCUT2D eigenvalue weighted by Crippen LogP contribution is -2.24. The van der Waals surface area contributed by atoms with Crippen molar-refractivity contribution >= 4 is 15.7 Å². The molecule has 1 aromatic carbocycles. The first-order chi connectivity index (χ1) is 6.95. The third-order valence-corrected chi connectivity index (χ3v) is 4.33. The zero-order chi connectivity index (χ0) is 11.5. The second-order valence-electron chi connectivity index (χ2n) is 3.73. The van der Waals surface area contributed by atoms with Crippen LogP contribution in [0.4, 0.5) is 5.69 Å². The summed E-state index contributed by atoms with van der Waals surface area (Å²) in [6.45, 7) is 5.53. The van der Waals surface area contributed by atoms with Crippen LogP contribution < -0.4 is 4.72 Å². The van der Waals surface area contributed by atoms with E-state index in [0.29, 0.717) is 12.1 Å². The van der Waals surface area contributed by atoms with Crippen LogP contribution in [-0.2, 0) is 10.0 Å². The number of sulfonamides is 1. The quantitative estimate of drug-likeness (QED) is 0.859. The Kier molecular flexibility index (Phi) is 3.74. The van der Waals surface area contributed by atoms with Crippen molar-refractivity contribution in [3.63, 3.8) is 0 Å². The zero-order valence-electron chi connectivity index (χ0n) is 9.32. The van der Waals surface area contributed by atoms with E-state index in [1.807, 2.05) is 26.0 Å². The molecule has 0 radical (unpaired) electrons. The molecule has 0 bridgehead atoms. The van der Waals surface area contributed by atoms with Crippen molar-refractivity contribution in [2.45, 2.75) is 32.4 Å². The normalized spacial score (nSPS) is 13.5. The highest BCUT2D eigenvalue weighted by Crippen LogP contribution is 2.14. The van der Waals surface area contributed by atoms with Gasteiger partial charge < -0.3 is 0 Å². The molecule has 1 atom stereocenters. The van der Waals surface area contributed by atoms with Gasteiger partial charge in [0.25, 0.3) is 0 Å². The van der Waals surface area contributed by atoms with Gasteiger partial charge >= 0.3 is 0 Å². The maximum Gasteiger partial charge on any atom is 0.235 e. The lowest BCUT2D eigenvalue weighted by atomic mass is 10.2. The SMILES string of the molecule is CC[C@H](C)S(=O)(=O)Nc1ccc(C)cc1. The minimum Gasteiger partial charge on any atom is -0.283 e. The van der Waals surface area contributed by atoms with E-state index in [1.54, 1.807) is 19.1 Å². The van der Waals surface area contributed by atoms with Gasteiger partial charge in [-0.25, -0.2) is 8.42 Å². The molecule has 0 heterocycles. The molecule has 1 N–H and O–H groups in total. The summed E-state index contributed by atoms with van der Waals surface area (Å²) in [5, 5.41) is -0.362. The van der Waals surface area contributed by atoms with Crippen molar-refractivity contribution in [1.82, 2.24) is 0 Å². The number of anilines is 1. The number of aryl methyl sites for hydroxylation is 1. The van der Waals surface area contributed by atoms with Crippen LogP contribution in [0.3, 0.4) is 0 Å². The Morgan fingerprint density at radius 2 is 1.80 bits per heavy atom. The Morgan fingerprint density at radius 1 is 1.27 bits per heavy atom. The van der Waals surface area contributed by atoms with Crippen molar-refractivity contribution < 1.29 is 8.42 Å². The second kappa shape index (κ2) is 4.66. The highest BCUT2D eigenvalue weighted by molar-refractivity contribution is 7.93. The van der Waals surface area contributed by atoms with Crippen molar-refractivity contribution in [2.75, 3.05) is 4.72 Å². The van der Waals surface area contributed by atoms with Gasteiger partial charge in [-0.05, 0) is 32.4 Å². The summed E-state index contributed by atoms with van der Waals surface area (Å²) in [6, 6.07) is 7.31. The molecule has 15 heavy (non-hydrogen) atoms. The van der Waals surface area contributed by atoms with E-state index in [0.717, 1.165) is 5.56 Å². The summed E-state index contributed by atoms with van der Waals surface area (Å²) in [5.74, 6) is 0. The number of nitrogens with one attached hydrogen (secondary N) is 1. The van der Waals surface area contributed by atoms with E-state index >= 15 is 0 Å². The van der Waals surface area contributed by atoms with Crippen LogP contribution in [0.5, 0.6) is 0 Å². The highest BCUT2D eigenvalue weighted by Gasteiger charge is 2.18. The van der Waals surface area contributed by atoms with E-state index in [4.69, 9.17) is 0 Å². The first-order valence-corrected chi connectivity index (χ1v) is 6.58. The van der Waals surface area contributed by atoms with Gasteiger partial charge in [0.05, 0.1) is 5.25 Å². The molecule has 0 aliphatic rings. The zero-order valence-corrected chi connectivity index (χ0v) is 10.1. The van der Waals surface area contributed by atoms with Gasteiger partial charge in [-0.1, -0.05) is 24.6 Å². The maximum atomic E-state index is 11.7. The maximum absolute atomic E-state index is 11.7. The summed E-state index contributed by atoms with van der Waals surface area (Å²) in [7, 11) is -3.23. The largest absolute Gasteiger partial charge is 0.283 e. The van der Waals surface area contributed by atoms with Gasteiger partial charge in [-0.15, -0.1) is 0 Å². The first-order valence-electron chi connectivity index (χ1n) is 5.04. The molecular weight excluding hydrogens is 210 g/mol. The Hall–Kier alpha value is -1.03. The lowest BCUT2D eigenvalue weighted by molar-refractivity contribution is 0.586. The lowest BCUT2D eigenvalue weighted by Gasteiger charge is -2.12. The standard InChI is InChI=1S/C11H17NO2S/c1-4-10(3)15(13,14)12-11-7-5-9(2)6-8-11/h5-8,10,12H,4H2,1-3H3/t10-/m0/s1. The van der Waals surface area contributed by atoms with Gasteiger partial charge in [0.15, 0.2) is 0 Å². The Morgan fingerprint density at radius 3 is 2.27 bits per heavy atom. The molecule has 4 heteroatoms. The Bertz CT molecular complexity index is 409. The van der Waals surface area contributed by atoms with E-state index in [1.165, 1.54) is 0 Å². The number of hydrogen-bond donors (Lipinski definition) is 1. The predicted molar refractivity (Wildman–Crippen MR) is 63.5 cm³/mol. The summed E-state index contributed by atoms with van der Waals surface area (Å²) in [5.41, 5.74) is 1.74. The van der Waals surface area contributed by atoms with Gasteiger partial charge in [-0.2, -0.15) is 0 Å². The predicted octanol–water partition coefficient (Wildman–Crippen LogP) is 2.54. The van der Waals surface area contributed by atoms with Gasteiger partial charge in [0, 0.05) is 5.69 Å². The summed E-state index contributed by atoms with van der Waals surface area (Å²) in [6.07, 6.45) is 0.612. The summed E-state index contributed by atoms with van der Waals surface area (Å²) < 4.78 is 26.0.